The molecule has 5 fully saturated rings. The van der Waals surface area contributed by atoms with E-state index in [1.165, 1.54) is 79.2 Å². The Kier molecular flexibility index (Phi) is 25.9. The summed E-state index contributed by atoms with van der Waals surface area (Å²) in [5.41, 5.74) is 12.5. The lowest BCUT2D eigenvalue weighted by molar-refractivity contribution is -0.153. The fraction of sp³-hybridized carbons (Fsp3) is 0.778. The highest BCUT2D eigenvalue weighted by Gasteiger charge is 2.30. The van der Waals surface area contributed by atoms with E-state index in [2.05, 4.69) is 25.2 Å². The summed E-state index contributed by atoms with van der Waals surface area (Å²) >= 11 is 4.39. The van der Waals surface area contributed by atoms with E-state index in [-0.39, 0.29) is 36.8 Å². The minimum Gasteiger partial charge on any atom is -0.460 e. The number of amides is 2. The summed E-state index contributed by atoms with van der Waals surface area (Å²) in [5, 5.41) is 20.4. The number of aromatic nitrogens is 3. The number of carbonyl (C=O) groups excluding carboxylic acids is 3. The predicted octanol–water partition coefficient (Wildman–Crippen LogP) is 9.35. The van der Waals surface area contributed by atoms with Crippen LogP contribution < -0.4 is 16.8 Å². The Morgan fingerprint density at radius 1 is 0.566 bits per heavy atom. The number of rotatable bonds is 12. The molecule has 0 aromatic carbocycles. The van der Waals surface area contributed by atoms with E-state index in [0.29, 0.717) is 81.3 Å². The van der Waals surface area contributed by atoms with Crippen LogP contribution in [0.1, 0.15) is 168 Å². The fourth-order valence-electron chi connectivity index (χ4n) is 9.11. The average molecular weight is 1120 g/mol. The summed E-state index contributed by atoms with van der Waals surface area (Å²) in [4.78, 5) is 54.4. The van der Waals surface area contributed by atoms with Crippen molar-refractivity contribution < 1.29 is 47.9 Å². The van der Waals surface area contributed by atoms with E-state index < -0.39 is 16.8 Å². The van der Waals surface area contributed by atoms with Gasteiger partial charge in [0.25, 0.3) is 0 Å². The molecule has 76 heavy (non-hydrogen) atoms. The van der Waals surface area contributed by atoms with Crippen LogP contribution in [-0.2, 0) is 59.5 Å². The Morgan fingerprint density at radius 2 is 0.974 bits per heavy atom. The summed E-state index contributed by atoms with van der Waals surface area (Å²) in [6.07, 6.45) is 14.7. The van der Waals surface area contributed by atoms with Gasteiger partial charge in [-0.15, -0.1) is 34.0 Å². The highest BCUT2D eigenvalue weighted by atomic mass is 32.1. The van der Waals surface area contributed by atoms with Gasteiger partial charge in [0.15, 0.2) is 10.3 Å². The van der Waals surface area contributed by atoms with Gasteiger partial charge in [0.2, 0.25) is 0 Å². The molecule has 0 radical (unpaired) electrons. The molecule has 430 valence electrons. The van der Waals surface area contributed by atoms with Crippen LogP contribution in [-0.4, -0.2) is 153 Å². The van der Waals surface area contributed by atoms with Crippen molar-refractivity contribution in [3.8, 4) is 0 Å². The smallest absolute Gasteiger partial charge is 0.410 e. The summed E-state index contributed by atoms with van der Waals surface area (Å²) in [5.74, 6) is -0.274. The number of likely N-dealkylation sites (tertiary alicyclic amines) is 3. The number of aliphatic hydroxyl groups excluding tert-OH is 1. The molecule has 0 spiro atoms. The van der Waals surface area contributed by atoms with Gasteiger partial charge in [0.1, 0.15) is 21.8 Å². The summed E-state index contributed by atoms with van der Waals surface area (Å²) in [7, 11) is 0. The Balaban J connectivity index is 0.000000195. The molecule has 0 atom stereocenters. The first-order valence-corrected chi connectivity index (χ1v) is 30.1. The first kappa shape index (κ1) is 63.1. The summed E-state index contributed by atoms with van der Waals surface area (Å²) in [6.45, 7) is 25.3. The lowest BCUT2D eigenvalue weighted by atomic mass is 9.92. The molecule has 22 heteroatoms. The van der Waals surface area contributed by atoms with Gasteiger partial charge in [-0.3, -0.25) is 4.79 Å². The predicted molar refractivity (Wildman–Crippen MR) is 300 cm³/mol. The molecule has 1 saturated carbocycles. The van der Waals surface area contributed by atoms with Gasteiger partial charge in [-0.25, -0.2) is 24.5 Å². The van der Waals surface area contributed by atoms with Crippen molar-refractivity contribution in [2.24, 2.45) is 0 Å². The monoisotopic (exact) mass is 1120 g/mol. The Morgan fingerprint density at radius 3 is 1.41 bits per heavy atom. The average Bonchev–Trinajstić information content (AvgIpc) is 4.13. The van der Waals surface area contributed by atoms with Gasteiger partial charge in [-0.2, -0.15) is 0 Å². The number of ether oxygens (including phenoxy) is 6. The summed E-state index contributed by atoms with van der Waals surface area (Å²) in [6, 6.07) is 0.850. The second-order valence-electron chi connectivity index (χ2n) is 23.1. The number of nitrogen functional groups attached to an aromatic ring is 2. The van der Waals surface area contributed by atoms with Gasteiger partial charge in [0, 0.05) is 61.5 Å². The number of hydrogen-bond acceptors (Lipinski definition) is 20. The fourth-order valence-corrected chi connectivity index (χ4v) is 11.0. The maximum Gasteiger partial charge on any atom is 0.410 e. The maximum absolute atomic E-state index is 12.1. The number of anilines is 2. The van der Waals surface area contributed by atoms with Gasteiger partial charge >= 0.3 is 18.2 Å². The van der Waals surface area contributed by atoms with Crippen molar-refractivity contribution in [3.05, 3.63) is 38.2 Å². The molecule has 2 amide bonds. The number of nitrogens with one attached hydrogen (secondary N) is 1. The van der Waals surface area contributed by atoms with Gasteiger partial charge in [0.05, 0.1) is 67.7 Å². The van der Waals surface area contributed by atoms with E-state index >= 15 is 0 Å². The van der Waals surface area contributed by atoms with Crippen LogP contribution in [0.15, 0.2) is 16.1 Å². The van der Waals surface area contributed by atoms with E-state index in [4.69, 9.17) is 39.9 Å². The van der Waals surface area contributed by atoms with Crippen LogP contribution >= 0.6 is 34.0 Å². The number of esters is 1. The van der Waals surface area contributed by atoms with Gasteiger partial charge in [-0.05, 0) is 140 Å². The molecule has 6 N–H and O–H groups in total. The van der Waals surface area contributed by atoms with E-state index in [1.807, 2.05) is 78.5 Å². The summed E-state index contributed by atoms with van der Waals surface area (Å²) < 4.78 is 33.6. The molecule has 0 bridgehead atoms. The van der Waals surface area contributed by atoms with E-state index in [0.717, 1.165) is 79.7 Å². The zero-order valence-electron chi connectivity index (χ0n) is 47.0. The number of hydrogen-bond donors (Lipinski definition) is 4. The van der Waals surface area contributed by atoms with E-state index in [9.17, 15) is 19.5 Å². The number of aliphatic hydroxyl groups is 1. The molecule has 3 aromatic heterocycles. The third-order valence-corrected chi connectivity index (χ3v) is 15.3. The van der Waals surface area contributed by atoms with Crippen molar-refractivity contribution in [1.29, 1.82) is 0 Å². The van der Waals surface area contributed by atoms with Gasteiger partial charge < -0.3 is 65.0 Å². The topological polar surface area (TPSA) is 239 Å². The SMILES string of the molecule is CC(C)(C)OC(=O)Cc1nc(COC2CCN(C(=O)OC(C)(C)C)CC2)cs1.CC(C)(C)OC(=O)N1CCC(O)CC1.Nc1nc(COC2CCN(C3CCCCC3)CC2)cs1.Nc1nc(COC2CCNCC2)cs1. The molecular weight excluding hydrogens is 1030 g/mol. The first-order valence-electron chi connectivity index (χ1n) is 27.4. The minimum atomic E-state index is -0.492. The van der Waals surface area contributed by atoms with Crippen LogP contribution in [0, 0.1) is 0 Å². The van der Waals surface area contributed by atoms with Crippen molar-refractivity contribution in [1.82, 2.24) is 35.0 Å². The maximum atomic E-state index is 12.1. The van der Waals surface area contributed by atoms with Crippen molar-refractivity contribution in [3.63, 3.8) is 0 Å². The Bertz CT molecular complexity index is 2140. The standard InChI is InChI=1S/C20H32N2O5S.C15H25N3OS.C10H19NO3.C9H15N3OS/c1-19(2,3)26-17(23)11-16-21-14(13-28-16)12-25-15-7-9-22(10-8-15)18(24)27-20(4,5)6;16-15-17-12(11-20-15)10-19-14-6-8-18(9-7-14)13-4-2-1-3-5-13;1-10(2,3)14-9(13)11-6-4-8(12)5-7-11;10-9-12-7(6-14-9)5-13-8-1-3-11-4-2-8/h13,15H,7-12H2,1-6H3;11,13-14H,1-10H2,(H2,16,17);8,12H,4-7H2,1-3H3;6,8,11H,1-5H2,(H2,10,12). The molecule has 3 aromatic rings. The van der Waals surface area contributed by atoms with Crippen LogP contribution in [0.2, 0.25) is 0 Å². The van der Waals surface area contributed by atoms with Crippen molar-refractivity contribution in [2.75, 3.05) is 63.8 Å². The number of nitrogens with zero attached hydrogens (tertiary/aromatic N) is 6. The van der Waals surface area contributed by atoms with Crippen LogP contribution in [0.25, 0.3) is 0 Å². The van der Waals surface area contributed by atoms with Crippen molar-refractivity contribution >= 4 is 62.4 Å². The molecule has 0 unspecified atom stereocenters. The number of piperidine rings is 4. The molecule has 8 rings (SSSR count). The second-order valence-corrected chi connectivity index (χ2v) is 25.8. The van der Waals surface area contributed by atoms with Gasteiger partial charge in [-0.1, -0.05) is 19.3 Å². The van der Waals surface area contributed by atoms with Crippen LogP contribution in [0.3, 0.4) is 0 Å². The number of thiazole rings is 3. The third kappa shape index (κ3) is 25.4. The van der Waals surface area contributed by atoms with E-state index in [1.54, 1.807) is 9.80 Å². The highest BCUT2D eigenvalue weighted by molar-refractivity contribution is 7.13. The Hall–Kier alpha value is -3.74. The number of nitrogens with two attached hydrogens (primary N) is 2. The molecule has 1 aliphatic carbocycles. The zero-order valence-corrected chi connectivity index (χ0v) is 49.4. The molecule has 5 aliphatic rings. The quantitative estimate of drug-likeness (QED) is 0.0975. The normalized spacial score (nSPS) is 19.1. The number of carbonyl (C=O) groups is 3. The minimum absolute atomic E-state index is 0.0923. The highest BCUT2D eigenvalue weighted by Crippen LogP contribution is 2.27. The molecule has 7 heterocycles. The first-order chi connectivity index (χ1) is 35.9. The lowest BCUT2D eigenvalue weighted by Crippen LogP contribution is -2.44. The molecule has 19 nitrogen and oxygen atoms in total. The molecular formula is C54H91N9O10S3. The Labute approximate surface area is 464 Å². The molecule has 4 aliphatic heterocycles. The largest absolute Gasteiger partial charge is 0.460 e. The lowest BCUT2D eigenvalue weighted by Gasteiger charge is -2.39. The zero-order chi connectivity index (χ0) is 55.3. The van der Waals surface area contributed by atoms with Crippen LogP contribution in [0.4, 0.5) is 19.9 Å². The van der Waals surface area contributed by atoms with Crippen LogP contribution in [0.5, 0.6) is 0 Å². The third-order valence-electron chi connectivity index (χ3n) is 12.9. The second kappa shape index (κ2) is 31.2. The molecule has 4 saturated heterocycles. The van der Waals surface area contributed by atoms with Crippen molar-refractivity contribution in [2.45, 2.75) is 219 Å².